The summed E-state index contributed by atoms with van der Waals surface area (Å²) in [5, 5.41) is 0. The lowest BCUT2D eigenvalue weighted by Crippen LogP contribution is -2.50. The van der Waals surface area contributed by atoms with E-state index in [0.717, 1.165) is 44.9 Å². The van der Waals surface area contributed by atoms with Gasteiger partial charge in [-0.1, -0.05) is 44.9 Å². The highest BCUT2D eigenvalue weighted by atomic mass is 35.5. The maximum absolute atomic E-state index is 13.2. The van der Waals surface area contributed by atoms with Crippen LogP contribution in [0.15, 0.2) is 0 Å². The van der Waals surface area contributed by atoms with Crippen molar-refractivity contribution in [2.75, 3.05) is 0 Å². The van der Waals surface area contributed by atoms with Crippen molar-refractivity contribution in [1.82, 2.24) is 0 Å². The molecule has 0 N–H and O–H groups in total. The van der Waals surface area contributed by atoms with Crippen molar-refractivity contribution in [2.24, 2.45) is 11.8 Å². The Morgan fingerprint density at radius 2 is 1.05 bits per heavy atom. The number of hydrogen-bond donors (Lipinski definition) is 0. The van der Waals surface area contributed by atoms with Crippen LogP contribution in [-0.2, 0) is 4.79 Å². The van der Waals surface area contributed by atoms with E-state index in [9.17, 15) is 4.79 Å². The van der Waals surface area contributed by atoms with E-state index < -0.39 is 0 Å². The fourth-order valence-corrected chi connectivity index (χ4v) is 6.02. The fraction of sp³-hybridized carbons (Fsp3) is 0.944. The van der Waals surface area contributed by atoms with Crippen LogP contribution in [0.25, 0.3) is 0 Å². The van der Waals surface area contributed by atoms with E-state index >= 15 is 0 Å². The third-order valence-electron chi connectivity index (χ3n) is 6.29. The van der Waals surface area contributed by atoms with Gasteiger partial charge in [0.1, 0.15) is 5.78 Å². The third kappa shape index (κ3) is 3.15. The molecule has 0 spiro atoms. The van der Waals surface area contributed by atoms with Gasteiger partial charge in [-0.2, -0.15) is 0 Å². The lowest BCUT2D eigenvalue weighted by molar-refractivity contribution is -0.132. The molecule has 3 saturated carbocycles. The first-order valence-electron chi connectivity index (χ1n) is 8.97. The number of hydrogen-bond acceptors (Lipinski definition) is 1. The molecule has 0 radical (unpaired) electrons. The molecule has 21 heavy (non-hydrogen) atoms. The van der Waals surface area contributed by atoms with Gasteiger partial charge in [0.2, 0.25) is 0 Å². The summed E-state index contributed by atoms with van der Waals surface area (Å²) in [5.74, 6) is 0.543. The maximum Gasteiger partial charge on any atom is 0.142 e. The van der Waals surface area contributed by atoms with Crippen LogP contribution in [0.5, 0.6) is 0 Å². The summed E-state index contributed by atoms with van der Waals surface area (Å²) in [4.78, 5) is 12.7. The van der Waals surface area contributed by atoms with E-state index in [1.807, 2.05) is 0 Å². The zero-order chi connectivity index (χ0) is 14.9. The Hall–Kier alpha value is 0.250. The molecule has 3 fully saturated rings. The van der Waals surface area contributed by atoms with Gasteiger partial charge in [-0.05, 0) is 38.5 Å². The summed E-state index contributed by atoms with van der Waals surface area (Å²) in [6.45, 7) is 0. The van der Waals surface area contributed by atoms with Crippen LogP contribution >= 0.6 is 23.2 Å². The predicted molar refractivity (Wildman–Crippen MR) is 89.2 cm³/mol. The molecule has 2 atom stereocenters. The molecule has 3 rings (SSSR count). The minimum absolute atomic E-state index is 0.0655. The molecule has 0 aromatic heterocycles. The molecule has 2 unspecified atom stereocenters. The number of carbonyl (C=O) groups is 1. The minimum Gasteiger partial charge on any atom is -0.299 e. The zero-order valence-corrected chi connectivity index (χ0v) is 14.5. The first-order valence-corrected chi connectivity index (χ1v) is 9.72. The topological polar surface area (TPSA) is 17.1 Å². The largest absolute Gasteiger partial charge is 0.299 e. The van der Waals surface area contributed by atoms with Gasteiger partial charge in [-0.25, -0.2) is 0 Å². The van der Waals surface area contributed by atoms with Crippen molar-refractivity contribution in [1.29, 1.82) is 0 Å². The first-order chi connectivity index (χ1) is 10.1. The second kappa shape index (κ2) is 6.40. The van der Waals surface area contributed by atoms with E-state index in [4.69, 9.17) is 23.2 Å². The molecule has 3 aliphatic carbocycles. The Morgan fingerprint density at radius 3 is 1.43 bits per heavy atom. The van der Waals surface area contributed by atoms with Gasteiger partial charge < -0.3 is 0 Å². The van der Waals surface area contributed by atoms with Gasteiger partial charge >= 0.3 is 0 Å². The molecule has 0 aliphatic heterocycles. The molecule has 3 heteroatoms. The van der Waals surface area contributed by atoms with E-state index in [1.165, 1.54) is 38.5 Å². The van der Waals surface area contributed by atoms with Crippen molar-refractivity contribution in [2.45, 2.75) is 93.2 Å². The number of ketones is 1. The van der Waals surface area contributed by atoms with Crippen LogP contribution in [0, 0.1) is 11.8 Å². The highest BCUT2D eigenvalue weighted by molar-refractivity contribution is 6.27. The molecule has 0 saturated heterocycles. The average molecular weight is 331 g/mol. The van der Waals surface area contributed by atoms with Crippen molar-refractivity contribution >= 4 is 29.0 Å². The number of halogens is 2. The van der Waals surface area contributed by atoms with Crippen LogP contribution in [0.1, 0.15) is 83.5 Å². The third-order valence-corrected chi connectivity index (χ3v) is 7.57. The highest BCUT2D eigenvalue weighted by Gasteiger charge is 2.51. The van der Waals surface area contributed by atoms with Crippen LogP contribution in [0.3, 0.4) is 0 Å². The molecule has 3 aliphatic rings. The van der Waals surface area contributed by atoms with Gasteiger partial charge in [0.25, 0.3) is 0 Å². The summed E-state index contributed by atoms with van der Waals surface area (Å²) in [7, 11) is 0. The summed E-state index contributed by atoms with van der Waals surface area (Å²) in [5.41, 5.74) is 0. The zero-order valence-electron chi connectivity index (χ0n) is 13.0. The predicted octanol–water partition coefficient (Wildman–Crippen LogP) is 5.86. The molecule has 120 valence electrons. The van der Waals surface area contributed by atoms with Crippen molar-refractivity contribution in [3.8, 4) is 0 Å². The monoisotopic (exact) mass is 330 g/mol. The standard InChI is InChI=1S/C18H28Cl2O/c19-17(10-3-1-4-11-17)14-8-7-9-15(16(14)21)18(20)12-5-2-6-13-18/h14-15H,1-13H2. The maximum atomic E-state index is 13.2. The Morgan fingerprint density at radius 1 is 0.667 bits per heavy atom. The Labute approximate surface area is 139 Å². The van der Waals surface area contributed by atoms with Gasteiger partial charge in [-0.15, -0.1) is 23.2 Å². The van der Waals surface area contributed by atoms with Crippen molar-refractivity contribution in [3.63, 3.8) is 0 Å². The quantitative estimate of drug-likeness (QED) is 0.580. The molecular formula is C18H28Cl2O. The Balaban J connectivity index is 1.77. The highest BCUT2D eigenvalue weighted by Crippen LogP contribution is 2.51. The second-order valence-corrected chi connectivity index (χ2v) is 9.13. The van der Waals surface area contributed by atoms with Crippen molar-refractivity contribution < 1.29 is 4.79 Å². The van der Waals surface area contributed by atoms with Gasteiger partial charge in [0.15, 0.2) is 0 Å². The smallest absolute Gasteiger partial charge is 0.142 e. The lowest BCUT2D eigenvalue weighted by Gasteiger charge is -2.46. The summed E-state index contributed by atoms with van der Waals surface area (Å²) in [6.07, 6.45) is 14.5. The van der Waals surface area contributed by atoms with Gasteiger partial charge in [-0.3, -0.25) is 4.79 Å². The molecule has 0 heterocycles. The first kappa shape index (κ1) is 16.1. The Kier molecular flexibility index (Phi) is 4.91. The summed E-state index contributed by atoms with van der Waals surface area (Å²) < 4.78 is 0. The molecule has 0 aromatic carbocycles. The number of Topliss-reactive ketones (excluding diaryl/α,β-unsaturated/α-hetero) is 1. The van der Waals surface area contributed by atoms with E-state index in [0.29, 0.717) is 5.78 Å². The number of carbonyl (C=O) groups excluding carboxylic acids is 1. The van der Waals surface area contributed by atoms with Gasteiger partial charge in [0.05, 0.1) is 9.75 Å². The molecule has 1 nitrogen and oxygen atoms in total. The SMILES string of the molecule is O=C1C(C2(Cl)CCCCC2)CCCC1C1(Cl)CCCCC1. The second-order valence-electron chi connectivity index (χ2n) is 7.63. The molecular weight excluding hydrogens is 303 g/mol. The summed E-state index contributed by atoms with van der Waals surface area (Å²) in [6, 6.07) is 0. The van der Waals surface area contributed by atoms with E-state index in [1.54, 1.807) is 0 Å². The lowest BCUT2D eigenvalue weighted by atomic mass is 9.64. The van der Waals surface area contributed by atoms with Gasteiger partial charge in [0, 0.05) is 11.8 Å². The Bertz CT molecular complexity index is 347. The molecule has 0 bridgehead atoms. The fourth-order valence-electron chi connectivity index (χ4n) is 5.06. The van der Waals surface area contributed by atoms with E-state index in [2.05, 4.69) is 0 Å². The van der Waals surface area contributed by atoms with Crippen molar-refractivity contribution in [3.05, 3.63) is 0 Å². The van der Waals surface area contributed by atoms with Crippen LogP contribution in [0.4, 0.5) is 0 Å². The number of alkyl halides is 2. The average Bonchev–Trinajstić information content (AvgIpc) is 2.48. The minimum atomic E-state index is -0.254. The normalized spacial score (nSPS) is 36.4. The summed E-state index contributed by atoms with van der Waals surface area (Å²) >= 11 is 13.9. The molecule has 0 aromatic rings. The van der Waals surface area contributed by atoms with Crippen LogP contribution in [0.2, 0.25) is 0 Å². The number of rotatable bonds is 2. The van der Waals surface area contributed by atoms with Crippen LogP contribution < -0.4 is 0 Å². The molecule has 0 amide bonds. The van der Waals surface area contributed by atoms with E-state index in [-0.39, 0.29) is 21.6 Å². The van der Waals surface area contributed by atoms with Crippen LogP contribution in [-0.4, -0.2) is 15.5 Å².